The molecule has 0 fully saturated rings. The number of carbonyl (C=O) groups is 3. The number of amides is 3. The van der Waals surface area contributed by atoms with Crippen molar-refractivity contribution in [1.82, 2.24) is 10.6 Å². The Morgan fingerprint density at radius 3 is 2.33 bits per heavy atom. The maximum Gasteiger partial charge on any atom is 0.258 e. The Kier molecular flexibility index (Phi) is 9.35. The molecule has 0 aliphatic carbocycles. The molecule has 0 bridgehead atoms. The van der Waals surface area contributed by atoms with Gasteiger partial charge < -0.3 is 30.9 Å². The number of hydrogen-bond acceptors (Lipinski definition) is 6. The van der Waals surface area contributed by atoms with Gasteiger partial charge in [0.2, 0.25) is 5.91 Å². The molecule has 5 rings (SSSR count). The summed E-state index contributed by atoms with van der Waals surface area (Å²) < 4.78 is 5.72. The predicted octanol–water partition coefficient (Wildman–Crippen LogP) is 4.14. The van der Waals surface area contributed by atoms with Crippen LogP contribution < -0.4 is 30.9 Å². The molecule has 4 aromatic carbocycles. The summed E-state index contributed by atoms with van der Waals surface area (Å²) in [5.41, 5.74) is 8.74. The normalized spacial score (nSPS) is 15.3. The van der Waals surface area contributed by atoms with Gasteiger partial charge in [-0.3, -0.25) is 14.4 Å². The second kappa shape index (κ2) is 12.9. The molecule has 0 saturated carbocycles. The first kappa shape index (κ1) is 30.4. The number of carbonyl (C=O) groups excluding carboxylic acids is 3. The molecule has 1 heterocycles. The Morgan fingerprint density at radius 1 is 0.976 bits per heavy atom. The predicted molar refractivity (Wildman–Crippen MR) is 168 cm³/mol. The largest absolute Gasteiger partial charge is 0.496 e. The topological polar surface area (TPSA) is 117 Å². The standard InChI is InChI=1S/C32H33N5O4.ClH/c1-20(34-2)30(38)35-26-19-37(31(39)22-12-15-23(33)16-13-22)28-11-7-6-10-27(28)36(32(26)40)18-25-24-9-5-4-8-21(24)14-17-29(25)41-3;/h4-17,20,26,34H,18-19,33H2,1-3H3,(H,35,38);1H/t20?,26-;/m0./s1. The summed E-state index contributed by atoms with van der Waals surface area (Å²) in [6, 6.07) is 24.1. The van der Waals surface area contributed by atoms with Crippen LogP contribution in [0.25, 0.3) is 10.8 Å². The number of rotatable bonds is 7. The molecule has 9 nitrogen and oxygen atoms in total. The van der Waals surface area contributed by atoms with Crippen LogP contribution >= 0.6 is 12.4 Å². The van der Waals surface area contributed by atoms with Gasteiger partial charge in [0.05, 0.1) is 37.6 Å². The number of likely N-dealkylation sites (N-methyl/N-ethyl adjacent to an activating group) is 1. The highest BCUT2D eigenvalue weighted by atomic mass is 35.5. The van der Waals surface area contributed by atoms with E-state index >= 15 is 0 Å². The molecule has 0 radical (unpaired) electrons. The number of halogens is 1. The van der Waals surface area contributed by atoms with E-state index in [-0.39, 0.29) is 43.2 Å². The van der Waals surface area contributed by atoms with Crippen LogP contribution in [0.1, 0.15) is 22.8 Å². The van der Waals surface area contributed by atoms with Crippen molar-refractivity contribution < 1.29 is 19.1 Å². The second-order valence-electron chi connectivity index (χ2n) is 9.99. The quantitative estimate of drug-likeness (QED) is 0.280. The number of ether oxygens (including phenoxy) is 1. The second-order valence-corrected chi connectivity index (χ2v) is 9.99. The molecule has 42 heavy (non-hydrogen) atoms. The molecule has 4 N–H and O–H groups in total. The average Bonchev–Trinajstić information content (AvgIpc) is 3.11. The van der Waals surface area contributed by atoms with Crippen LogP contribution in [-0.2, 0) is 16.1 Å². The Labute approximate surface area is 251 Å². The van der Waals surface area contributed by atoms with Crippen LogP contribution in [0.2, 0.25) is 0 Å². The SMILES string of the molecule is CNC(C)C(=O)N[C@H]1CN(C(=O)c2ccc(N)cc2)c2ccccc2N(Cc2c(OC)ccc3ccccc23)C1=O.Cl. The zero-order valence-corrected chi connectivity index (χ0v) is 24.5. The van der Waals surface area contributed by atoms with Crippen molar-refractivity contribution in [3.8, 4) is 5.75 Å². The van der Waals surface area contributed by atoms with Crippen molar-refractivity contribution in [2.75, 3.05) is 36.2 Å². The maximum absolute atomic E-state index is 14.3. The van der Waals surface area contributed by atoms with Gasteiger partial charge in [0.1, 0.15) is 11.8 Å². The van der Waals surface area contributed by atoms with Gasteiger partial charge in [-0.15, -0.1) is 12.4 Å². The van der Waals surface area contributed by atoms with Crippen LogP contribution in [-0.4, -0.2) is 50.5 Å². The van der Waals surface area contributed by atoms with Crippen LogP contribution in [0.15, 0.2) is 84.9 Å². The van der Waals surface area contributed by atoms with Crippen LogP contribution in [0.5, 0.6) is 5.75 Å². The summed E-state index contributed by atoms with van der Waals surface area (Å²) >= 11 is 0. The molecule has 1 aliphatic heterocycles. The first-order valence-corrected chi connectivity index (χ1v) is 13.4. The number of benzene rings is 4. The van der Waals surface area contributed by atoms with Crippen LogP contribution in [0.4, 0.5) is 17.1 Å². The molecule has 0 saturated heterocycles. The first-order chi connectivity index (χ1) is 19.8. The Balaban J connectivity index is 0.00000405. The van der Waals surface area contributed by atoms with E-state index < -0.39 is 12.1 Å². The molecule has 0 spiro atoms. The van der Waals surface area contributed by atoms with E-state index in [9.17, 15) is 14.4 Å². The van der Waals surface area contributed by atoms with Crippen molar-refractivity contribution in [3.63, 3.8) is 0 Å². The maximum atomic E-state index is 14.3. The molecule has 1 unspecified atom stereocenters. The summed E-state index contributed by atoms with van der Waals surface area (Å²) in [7, 11) is 3.27. The fraction of sp³-hybridized carbons (Fsp3) is 0.219. The lowest BCUT2D eigenvalue weighted by molar-refractivity contribution is -0.128. The molecular formula is C32H34ClN5O4. The van der Waals surface area contributed by atoms with Gasteiger partial charge in [-0.05, 0) is 67.2 Å². The van der Waals surface area contributed by atoms with Gasteiger partial charge in [-0.25, -0.2) is 0 Å². The molecule has 1 aliphatic rings. The van der Waals surface area contributed by atoms with Gasteiger partial charge in [-0.2, -0.15) is 0 Å². The number of methoxy groups -OCH3 is 1. The molecule has 2 atom stereocenters. The number of para-hydroxylation sites is 2. The number of hydrogen-bond donors (Lipinski definition) is 3. The molecule has 10 heteroatoms. The lowest BCUT2D eigenvalue weighted by Crippen LogP contribution is -2.55. The summed E-state index contributed by atoms with van der Waals surface area (Å²) in [5.74, 6) is -0.357. The summed E-state index contributed by atoms with van der Waals surface area (Å²) in [4.78, 5) is 44.4. The zero-order valence-electron chi connectivity index (χ0n) is 23.7. The molecule has 3 amide bonds. The minimum atomic E-state index is -1.01. The van der Waals surface area contributed by atoms with Crippen LogP contribution in [0, 0.1) is 0 Å². The highest BCUT2D eigenvalue weighted by Crippen LogP contribution is 2.37. The lowest BCUT2D eigenvalue weighted by atomic mass is 10.0. The van der Waals surface area contributed by atoms with E-state index in [1.165, 1.54) is 0 Å². The number of nitrogens with two attached hydrogens (primary N) is 1. The van der Waals surface area contributed by atoms with Gasteiger partial charge in [-0.1, -0.05) is 42.5 Å². The van der Waals surface area contributed by atoms with Gasteiger partial charge in [0.25, 0.3) is 11.8 Å². The summed E-state index contributed by atoms with van der Waals surface area (Å²) in [5, 5.41) is 7.74. The highest BCUT2D eigenvalue weighted by molar-refractivity contribution is 6.13. The molecular weight excluding hydrogens is 554 g/mol. The molecule has 218 valence electrons. The minimum absolute atomic E-state index is 0. The summed E-state index contributed by atoms with van der Waals surface area (Å²) in [6.45, 7) is 1.82. The highest BCUT2D eigenvalue weighted by Gasteiger charge is 2.38. The third kappa shape index (κ3) is 5.88. The number of nitrogens with one attached hydrogen (secondary N) is 2. The van der Waals surface area contributed by atoms with E-state index in [4.69, 9.17) is 10.5 Å². The number of fused-ring (bicyclic) bond motifs is 2. The number of anilines is 3. The van der Waals surface area contributed by atoms with Crippen molar-refractivity contribution >= 4 is 58.0 Å². The van der Waals surface area contributed by atoms with Gasteiger partial charge in [0, 0.05) is 16.8 Å². The Hall–Kier alpha value is -4.60. The fourth-order valence-corrected chi connectivity index (χ4v) is 5.09. The first-order valence-electron chi connectivity index (χ1n) is 13.4. The van der Waals surface area contributed by atoms with E-state index in [1.54, 1.807) is 55.1 Å². The van der Waals surface area contributed by atoms with E-state index in [0.29, 0.717) is 28.4 Å². The third-order valence-corrected chi connectivity index (χ3v) is 7.47. The van der Waals surface area contributed by atoms with Crippen molar-refractivity contribution in [2.45, 2.75) is 25.6 Å². The molecule has 0 aromatic heterocycles. The van der Waals surface area contributed by atoms with E-state index in [1.807, 2.05) is 60.7 Å². The third-order valence-electron chi connectivity index (χ3n) is 7.47. The van der Waals surface area contributed by atoms with Crippen molar-refractivity contribution in [1.29, 1.82) is 0 Å². The lowest BCUT2D eigenvalue weighted by Gasteiger charge is -2.27. The minimum Gasteiger partial charge on any atom is -0.496 e. The average molecular weight is 588 g/mol. The Bertz CT molecular complexity index is 1610. The van der Waals surface area contributed by atoms with E-state index in [0.717, 1.165) is 16.3 Å². The molecule has 4 aromatic rings. The summed E-state index contributed by atoms with van der Waals surface area (Å²) in [6.07, 6.45) is 0. The van der Waals surface area contributed by atoms with Crippen molar-refractivity contribution in [3.05, 3.63) is 96.1 Å². The fourth-order valence-electron chi connectivity index (χ4n) is 5.09. The van der Waals surface area contributed by atoms with Crippen LogP contribution in [0.3, 0.4) is 0 Å². The van der Waals surface area contributed by atoms with E-state index in [2.05, 4.69) is 10.6 Å². The number of nitrogen functional groups attached to an aromatic ring is 1. The zero-order chi connectivity index (χ0) is 29.1. The smallest absolute Gasteiger partial charge is 0.258 e. The Morgan fingerprint density at radius 2 is 1.64 bits per heavy atom. The van der Waals surface area contributed by atoms with Crippen molar-refractivity contribution in [2.24, 2.45) is 0 Å². The van der Waals surface area contributed by atoms with Gasteiger partial charge >= 0.3 is 0 Å². The van der Waals surface area contributed by atoms with Gasteiger partial charge in [0.15, 0.2) is 0 Å². The number of nitrogens with zero attached hydrogens (tertiary/aromatic N) is 2. The monoisotopic (exact) mass is 587 g/mol.